The van der Waals surface area contributed by atoms with E-state index in [-0.39, 0.29) is 11.6 Å². The van der Waals surface area contributed by atoms with E-state index in [4.69, 9.17) is 0 Å². The minimum Gasteiger partial charge on any atom is -0.352 e. The Morgan fingerprint density at radius 3 is 2.40 bits per heavy atom. The SMILES string of the molecule is CCc1ccccc1NC(=O)NCCCNC(=O)c1ccccc1F. The number of anilines is 1. The van der Waals surface area contributed by atoms with Gasteiger partial charge in [-0.05, 0) is 36.6 Å². The van der Waals surface area contributed by atoms with E-state index in [9.17, 15) is 14.0 Å². The van der Waals surface area contributed by atoms with Gasteiger partial charge in [0.2, 0.25) is 0 Å². The standard InChI is InChI=1S/C19H22FN3O2/c1-2-14-8-3-6-11-17(14)23-19(25)22-13-7-12-21-18(24)15-9-4-5-10-16(15)20/h3-6,8-11H,2,7,12-13H2,1H3,(H,21,24)(H2,22,23,25). The van der Waals surface area contributed by atoms with Crippen LogP contribution in [0.2, 0.25) is 0 Å². The molecule has 0 bridgehead atoms. The van der Waals surface area contributed by atoms with Crippen molar-refractivity contribution in [2.24, 2.45) is 0 Å². The van der Waals surface area contributed by atoms with Gasteiger partial charge in [-0.1, -0.05) is 37.3 Å². The number of carbonyl (C=O) groups is 2. The summed E-state index contributed by atoms with van der Waals surface area (Å²) in [5.74, 6) is -1.01. The fourth-order valence-corrected chi connectivity index (χ4v) is 2.35. The number of aryl methyl sites for hydroxylation is 1. The predicted octanol–water partition coefficient (Wildman–Crippen LogP) is 3.33. The van der Waals surface area contributed by atoms with E-state index >= 15 is 0 Å². The molecule has 6 heteroatoms. The Labute approximate surface area is 146 Å². The molecule has 0 unspecified atom stereocenters. The van der Waals surface area contributed by atoms with Crippen molar-refractivity contribution >= 4 is 17.6 Å². The molecule has 0 radical (unpaired) electrons. The van der Waals surface area contributed by atoms with E-state index in [0.29, 0.717) is 19.5 Å². The van der Waals surface area contributed by atoms with Crippen LogP contribution in [-0.2, 0) is 6.42 Å². The average Bonchev–Trinajstić information content (AvgIpc) is 2.62. The lowest BCUT2D eigenvalue weighted by Gasteiger charge is -2.11. The second-order valence-corrected chi connectivity index (χ2v) is 5.48. The van der Waals surface area contributed by atoms with Gasteiger partial charge >= 0.3 is 6.03 Å². The Hall–Kier alpha value is -2.89. The summed E-state index contributed by atoms with van der Waals surface area (Å²) >= 11 is 0. The molecule has 0 aliphatic carbocycles. The van der Waals surface area contributed by atoms with Gasteiger partial charge in [0.05, 0.1) is 5.56 Å². The number of benzene rings is 2. The van der Waals surface area contributed by atoms with Gasteiger partial charge in [0.15, 0.2) is 0 Å². The third-order valence-corrected chi connectivity index (χ3v) is 3.69. The molecule has 2 aromatic rings. The molecule has 5 nitrogen and oxygen atoms in total. The highest BCUT2D eigenvalue weighted by Crippen LogP contribution is 2.14. The zero-order valence-electron chi connectivity index (χ0n) is 14.1. The second kappa shape index (κ2) is 9.42. The van der Waals surface area contributed by atoms with Crippen molar-refractivity contribution in [1.82, 2.24) is 10.6 Å². The van der Waals surface area contributed by atoms with E-state index in [2.05, 4.69) is 16.0 Å². The summed E-state index contributed by atoms with van der Waals surface area (Å²) < 4.78 is 13.5. The van der Waals surface area contributed by atoms with Crippen molar-refractivity contribution in [2.75, 3.05) is 18.4 Å². The number of nitrogens with one attached hydrogen (secondary N) is 3. The van der Waals surface area contributed by atoms with Crippen molar-refractivity contribution in [3.8, 4) is 0 Å². The lowest BCUT2D eigenvalue weighted by atomic mass is 10.1. The topological polar surface area (TPSA) is 70.2 Å². The van der Waals surface area contributed by atoms with E-state index in [1.807, 2.05) is 31.2 Å². The Bertz CT molecular complexity index is 734. The number of urea groups is 1. The molecule has 0 aromatic heterocycles. The Kier molecular flexibility index (Phi) is 6.95. The van der Waals surface area contributed by atoms with Gasteiger partial charge in [0.1, 0.15) is 5.82 Å². The number of para-hydroxylation sites is 1. The minimum atomic E-state index is -0.549. The third-order valence-electron chi connectivity index (χ3n) is 3.69. The molecule has 0 heterocycles. The molecule has 0 saturated carbocycles. The van der Waals surface area contributed by atoms with Crippen LogP contribution in [0.15, 0.2) is 48.5 Å². The molecule has 0 fully saturated rings. The fraction of sp³-hybridized carbons (Fsp3) is 0.263. The van der Waals surface area contributed by atoms with E-state index < -0.39 is 11.7 Å². The molecular formula is C19H22FN3O2. The molecule has 132 valence electrons. The Morgan fingerprint density at radius 2 is 1.64 bits per heavy atom. The van der Waals surface area contributed by atoms with E-state index in [0.717, 1.165) is 17.7 Å². The zero-order chi connectivity index (χ0) is 18.1. The Balaban J connectivity index is 1.68. The lowest BCUT2D eigenvalue weighted by Crippen LogP contribution is -2.32. The normalized spacial score (nSPS) is 10.2. The maximum atomic E-state index is 13.5. The van der Waals surface area contributed by atoms with Crippen LogP contribution in [0.1, 0.15) is 29.3 Å². The van der Waals surface area contributed by atoms with Crippen LogP contribution in [0.4, 0.5) is 14.9 Å². The van der Waals surface area contributed by atoms with Gasteiger partial charge in [-0.25, -0.2) is 9.18 Å². The largest absolute Gasteiger partial charge is 0.352 e. The maximum absolute atomic E-state index is 13.5. The molecule has 0 aliphatic heterocycles. The van der Waals surface area contributed by atoms with Crippen LogP contribution in [-0.4, -0.2) is 25.0 Å². The first kappa shape index (κ1) is 18.4. The Morgan fingerprint density at radius 1 is 0.960 bits per heavy atom. The van der Waals surface area contributed by atoms with Crippen molar-refractivity contribution in [3.05, 3.63) is 65.5 Å². The van der Waals surface area contributed by atoms with Gasteiger partial charge in [0.25, 0.3) is 5.91 Å². The molecule has 3 amide bonds. The number of hydrogen-bond acceptors (Lipinski definition) is 2. The number of hydrogen-bond donors (Lipinski definition) is 3. The first-order chi connectivity index (χ1) is 12.1. The number of amides is 3. The molecule has 3 N–H and O–H groups in total. The highest BCUT2D eigenvalue weighted by atomic mass is 19.1. The molecule has 0 saturated heterocycles. The van der Waals surface area contributed by atoms with Crippen molar-refractivity contribution in [3.63, 3.8) is 0 Å². The molecule has 2 aromatic carbocycles. The van der Waals surface area contributed by atoms with Crippen molar-refractivity contribution < 1.29 is 14.0 Å². The minimum absolute atomic E-state index is 0.0179. The maximum Gasteiger partial charge on any atom is 0.319 e. The lowest BCUT2D eigenvalue weighted by molar-refractivity contribution is 0.0949. The molecule has 0 aliphatic rings. The van der Waals surface area contributed by atoms with Crippen LogP contribution in [0.3, 0.4) is 0 Å². The van der Waals surface area contributed by atoms with Gasteiger partial charge in [-0.3, -0.25) is 4.79 Å². The van der Waals surface area contributed by atoms with Gasteiger partial charge < -0.3 is 16.0 Å². The predicted molar refractivity (Wildman–Crippen MR) is 96.2 cm³/mol. The first-order valence-corrected chi connectivity index (χ1v) is 8.27. The number of rotatable bonds is 7. The fourth-order valence-electron chi connectivity index (χ4n) is 2.35. The molecule has 2 rings (SSSR count). The van der Waals surface area contributed by atoms with Crippen LogP contribution in [0, 0.1) is 5.82 Å². The van der Waals surface area contributed by atoms with Crippen LogP contribution in [0.5, 0.6) is 0 Å². The molecule has 25 heavy (non-hydrogen) atoms. The van der Waals surface area contributed by atoms with E-state index in [1.165, 1.54) is 18.2 Å². The van der Waals surface area contributed by atoms with Crippen molar-refractivity contribution in [2.45, 2.75) is 19.8 Å². The first-order valence-electron chi connectivity index (χ1n) is 8.27. The summed E-state index contributed by atoms with van der Waals surface area (Å²) in [5, 5.41) is 8.17. The monoisotopic (exact) mass is 343 g/mol. The summed E-state index contributed by atoms with van der Waals surface area (Å²) in [6.07, 6.45) is 1.38. The summed E-state index contributed by atoms with van der Waals surface area (Å²) in [5.41, 5.74) is 1.87. The van der Waals surface area contributed by atoms with Gasteiger partial charge in [-0.15, -0.1) is 0 Å². The third kappa shape index (κ3) is 5.60. The van der Waals surface area contributed by atoms with Crippen LogP contribution >= 0.6 is 0 Å². The molecular weight excluding hydrogens is 321 g/mol. The summed E-state index contributed by atoms with van der Waals surface area (Å²) in [6, 6.07) is 13.1. The highest BCUT2D eigenvalue weighted by Gasteiger charge is 2.09. The summed E-state index contributed by atoms with van der Waals surface area (Å²) in [6.45, 7) is 2.77. The van der Waals surface area contributed by atoms with Gasteiger partial charge in [0, 0.05) is 18.8 Å². The zero-order valence-corrected chi connectivity index (χ0v) is 14.1. The summed E-state index contributed by atoms with van der Waals surface area (Å²) in [4.78, 5) is 23.7. The highest BCUT2D eigenvalue weighted by molar-refractivity contribution is 5.94. The average molecular weight is 343 g/mol. The molecule has 0 spiro atoms. The van der Waals surface area contributed by atoms with E-state index in [1.54, 1.807) is 6.07 Å². The second-order valence-electron chi connectivity index (χ2n) is 5.48. The number of carbonyl (C=O) groups excluding carboxylic acids is 2. The van der Waals surface area contributed by atoms with Crippen LogP contribution < -0.4 is 16.0 Å². The van der Waals surface area contributed by atoms with Crippen molar-refractivity contribution in [1.29, 1.82) is 0 Å². The quantitative estimate of drug-likeness (QED) is 0.675. The van der Waals surface area contributed by atoms with Crippen LogP contribution in [0.25, 0.3) is 0 Å². The molecule has 0 atom stereocenters. The van der Waals surface area contributed by atoms with Gasteiger partial charge in [-0.2, -0.15) is 0 Å². The smallest absolute Gasteiger partial charge is 0.319 e. The summed E-state index contributed by atoms with van der Waals surface area (Å²) in [7, 11) is 0. The number of halogens is 1.